The smallest absolute Gasteiger partial charge is 0.162 e. The van der Waals surface area contributed by atoms with Crippen molar-refractivity contribution < 1.29 is 4.74 Å². The number of hydrogen-bond donors (Lipinski definition) is 3. The molecule has 2 aromatic rings. The zero-order valence-corrected chi connectivity index (χ0v) is 10.6. The quantitative estimate of drug-likeness (QED) is 0.515. The SMILES string of the molecule is COc1cnn(C(C)C)c1C(NN)c1ncn[nH]1. The third-order valence-electron chi connectivity index (χ3n) is 2.65. The molecule has 0 saturated heterocycles. The van der Waals surface area contributed by atoms with Crippen molar-refractivity contribution in [3.05, 3.63) is 24.0 Å². The number of hydrogen-bond acceptors (Lipinski definition) is 6. The van der Waals surface area contributed by atoms with Gasteiger partial charge in [0, 0.05) is 6.04 Å². The first-order chi connectivity index (χ1) is 8.69. The van der Waals surface area contributed by atoms with E-state index in [0.717, 1.165) is 5.69 Å². The van der Waals surface area contributed by atoms with Gasteiger partial charge in [-0.15, -0.1) is 0 Å². The highest BCUT2D eigenvalue weighted by atomic mass is 16.5. The molecule has 0 aliphatic carbocycles. The van der Waals surface area contributed by atoms with Crippen LogP contribution < -0.4 is 16.0 Å². The van der Waals surface area contributed by atoms with Gasteiger partial charge in [-0.25, -0.2) is 10.4 Å². The molecule has 0 aliphatic rings. The molecular formula is C10H17N7O. The fourth-order valence-corrected chi connectivity index (χ4v) is 1.84. The maximum atomic E-state index is 5.61. The minimum atomic E-state index is -0.354. The van der Waals surface area contributed by atoms with Crippen LogP contribution in [0.4, 0.5) is 0 Å². The number of nitrogens with one attached hydrogen (secondary N) is 2. The Balaban J connectivity index is 2.50. The summed E-state index contributed by atoms with van der Waals surface area (Å²) in [6.07, 6.45) is 3.10. The first kappa shape index (κ1) is 12.5. The zero-order valence-electron chi connectivity index (χ0n) is 10.6. The molecule has 8 heteroatoms. The molecule has 0 bridgehead atoms. The van der Waals surface area contributed by atoms with Crippen molar-refractivity contribution in [2.75, 3.05) is 7.11 Å². The molecule has 2 aromatic heterocycles. The van der Waals surface area contributed by atoms with E-state index < -0.39 is 0 Å². The summed E-state index contributed by atoms with van der Waals surface area (Å²) in [6, 6.07) is -0.171. The van der Waals surface area contributed by atoms with Gasteiger partial charge in [0.15, 0.2) is 5.75 Å². The molecule has 8 nitrogen and oxygen atoms in total. The van der Waals surface area contributed by atoms with Crippen molar-refractivity contribution in [3.8, 4) is 5.75 Å². The lowest BCUT2D eigenvalue weighted by Gasteiger charge is -2.18. The van der Waals surface area contributed by atoms with Gasteiger partial charge in [0.25, 0.3) is 0 Å². The summed E-state index contributed by atoms with van der Waals surface area (Å²) in [5.41, 5.74) is 3.51. The molecule has 0 saturated carbocycles. The first-order valence-electron chi connectivity index (χ1n) is 5.61. The highest BCUT2D eigenvalue weighted by molar-refractivity contribution is 5.32. The van der Waals surface area contributed by atoms with Crippen LogP contribution >= 0.6 is 0 Å². The Hall–Kier alpha value is -1.93. The van der Waals surface area contributed by atoms with E-state index in [0.29, 0.717) is 11.6 Å². The predicted molar refractivity (Wildman–Crippen MR) is 64.7 cm³/mol. The molecule has 98 valence electrons. The number of hydrazine groups is 1. The number of methoxy groups -OCH3 is 1. The molecular weight excluding hydrogens is 234 g/mol. The summed E-state index contributed by atoms with van der Waals surface area (Å²) in [5, 5.41) is 10.9. The van der Waals surface area contributed by atoms with Gasteiger partial charge in [-0.1, -0.05) is 0 Å². The van der Waals surface area contributed by atoms with Crippen LogP contribution in [0.15, 0.2) is 12.5 Å². The number of nitrogens with two attached hydrogens (primary N) is 1. The lowest BCUT2D eigenvalue weighted by molar-refractivity contribution is 0.392. The van der Waals surface area contributed by atoms with Crippen LogP contribution in [0, 0.1) is 0 Å². The molecule has 4 N–H and O–H groups in total. The van der Waals surface area contributed by atoms with Crippen LogP contribution in [0.2, 0.25) is 0 Å². The van der Waals surface area contributed by atoms with E-state index in [2.05, 4.69) is 25.7 Å². The maximum absolute atomic E-state index is 5.61. The Morgan fingerprint density at radius 1 is 1.50 bits per heavy atom. The van der Waals surface area contributed by atoms with Gasteiger partial charge in [-0.2, -0.15) is 10.2 Å². The van der Waals surface area contributed by atoms with Crippen molar-refractivity contribution in [2.24, 2.45) is 5.84 Å². The number of aromatic amines is 1. The fourth-order valence-electron chi connectivity index (χ4n) is 1.84. The van der Waals surface area contributed by atoms with Crippen LogP contribution in [-0.4, -0.2) is 32.1 Å². The van der Waals surface area contributed by atoms with E-state index in [-0.39, 0.29) is 12.1 Å². The lowest BCUT2D eigenvalue weighted by atomic mass is 10.2. The molecule has 0 radical (unpaired) electrons. The molecule has 2 rings (SSSR count). The third-order valence-corrected chi connectivity index (χ3v) is 2.65. The van der Waals surface area contributed by atoms with Gasteiger partial charge in [-0.3, -0.25) is 15.6 Å². The van der Waals surface area contributed by atoms with E-state index in [1.165, 1.54) is 6.33 Å². The summed E-state index contributed by atoms with van der Waals surface area (Å²) < 4.78 is 7.16. The number of rotatable bonds is 5. The summed E-state index contributed by atoms with van der Waals surface area (Å²) in [5.74, 6) is 6.88. The van der Waals surface area contributed by atoms with Crippen LogP contribution in [-0.2, 0) is 0 Å². The second kappa shape index (κ2) is 5.15. The van der Waals surface area contributed by atoms with E-state index in [4.69, 9.17) is 10.6 Å². The van der Waals surface area contributed by atoms with E-state index in [1.807, 2.05) is 18.5 Å². The maximum Gasteiger partial charge on any atom is 0.162 e. The van der Waals surface area contributed by atoms with Crippen molar-refractivity contribution in [1.29, 1.82) is 0 Å². The molecule has 2 heterocycles. The summed E-state index contributed by atoms with van der Waals surface area (Å²) >= 11 is 0. The third kappa shape index (κ3) is 2.07. The molecule has 18 heavy (non-hydrogen) atoms. The van der Waals surface area contributed by atoms with Crippen LogP contribution in [0.25, 0.3) is 0 Å². The van der Waals surface area contributed by atoms with Gasteiger partial charge in [0.2, 0.25) is 0 Å². The Morgan fingerprint density at radius 2 is 2.28 bits per heavy atom. The second-order valence-corrected chi connectivity index (χ2v) is 4.11. The topological polar surface area (TPSA) is 107 Å². The van der Waals surface area contributed by atoms with Crippen molar-refractivity contribution in [2.45, 2.75) is 25.9 Å². The van der Waals surface area contributed by atoms with E-state index in [9.17, 15) is 0 Å². The summed E-state index contributed by atoms with van der Waals surface area (Å²) in [4.78, 5) is 4.11. The molecule has 0 aliphatic heterocycles. The average molecular weight is 251 g/mol. The number of nitrogens with zero attached hydrogens (tertiary/aromatic N) is 4. The van der Waals surface area contributed by atoms with Crippen LogP contribution in [0.5, 0.6) is 5.75 Å². The second-order valence-electron chi connectivity index (χ2n) is 4.11. The minimum absolute atomic E-state index is 0.183. The number of H-pyrrole nitrogens is 1. The number of ether oxygens (including phenoxy) is 1. The number of aromatic nitrogens is 5. The zero-order chi connectivity index (χ0) is 13.1. The monoisotopic (exact) mass is 251 g/mol. The van der Waals surface area contributed by atoms with Crippen molar-refractivity contribution in [3.63, 3.8) is 0 Å². The van der Waals surface area contributed by atoms with Gasteiger partial charge >= 0.3 is 0 Å². The van der Waals surface area contributed by atoms with Gasteiger partial charge < -0.3 is 4.74 Å². The van der Waals surface area contributed by atoms with Crippen molar-refractivity contribution in [1.82, 2.24) is 30.4 Å². The highest BCUT2D eigenvalue weighted by Gasteiger charge is 2.25. The molecule has 1 unspecified atom stereocenters. The minimum Gasteiger partial charge on any atom is -0.493 e. The normalized spacial score (nSPS) is 12.9. The Bertz CT molecular complexity index is 490. The van der Waals surface area contributed by atoms with Gasteiger partial charge in [0.1, 0.15) is 23.9 Å². The highest BCUT2D eigenvalue weighted by Crippen LogP contribution is 2.29. The standard InChI is InChI=1S/C10H17N7O/c1-6(2)17-9(7(18-3)4-14-17)8(15-11)10-12-5-13-16-10/h4-6,8,15H,11H2,1-3H3,(H,12,13,16). The van der Waals surface area contributed by atoms with Gasteiger partial charge in [0.05, 0.1) is 13.3 Å². The largest absolute Gasteiger partial charge is 0.493 e. The first-order valence-corrected chi connectivity index (χ1v) is 5.61. The van der Waals surface area contributed by atoms with E-state index in [1.54, 1.807) is 13.3 Å². The molecule has 1 atom stereocenters. The van der Waals surface area contributed by atoms with Crippen LogP contribution in [0.1, 0.15) is 37.4 Å². The average Bonchev–Trinajstić information content (AvgIpc) is 2.99. The molecule has 0 spiro atoms. The predicted octanol–water partition coefficient (Wildman–Crippen LogP) is 0.143. The molecule has 0 aromatic carbocycles. The Labute approximate surface area is 105 Å². The van der Waals surface area contributed by atoms with Gasteiger partial charge in [-0.05, 0) is 13.8 Å². The molecule has 0 amide bonds. The summed E-state index contributed by atoms with van der Waals surface area (Å²) in [7, 11) is 1.60. The molecule has 0 fully saturated rings. The Kier molecular flexibility index (Phi) is 3.58. The van der Waals surface area contributed by atoms with E-state index >= 15 is 0 Å². The lowest BCUT2D eigenvalue weighted by Crippen LogP contribution is -2.32. The summed E-state index contributed by atoms with van der Waals surface area (Å²) in [6.45, 7) is 4.06. The Morgan fingerprint density at radius 3 is 2.78 bits per heavy atom. The van der Waals surface area contributed by atoms with Crippen molar-refractivity contribution >= 4 is 0 Å². The fraction of sp³-hybridized carbons (Fsp3) is 0.500. The van der Waals surface area contributed by atoms with Crippen LogP contribution in [0.3, 0.4) is 0 Å².